The maximum absolute atomic E-state index is 14.3. The molecule has 25 heavy (non-hydrogen) atoms. The SMILES string of the molecule is O=c1[nH]c(CSC2CCNCC2)nc2cc(C#CC3CC3)cc(F)c12. The van der Waals surface area contributed by atoms with Crippen LogP contribution in [0.15, 0.2) is 16.9 Å². The third kappa shape index (κ3) is 4.05. The monoisotopic (exact) mass is 357 g/mol. The summed E-state index contributed by atoms with van der Waals surface area (Å²) in [6, 6.07) is 3.06. The number of fused-ring (bicyclic) bond motifs is 1. The highest BCUT2D eigenvalue weighted by molar-refractivity contribution is 7.99. The molecule has 2 N–H and O–H groups in total. The molecule has 2 heterocycles. The lowest BCUT2D eigenvalue weighted by molar-refractivity contribution is 0.531. The summed E-state index contributed by atoms with van der Waals surface area (Å²) in [6.07, 6.45) is 4.49. The third-order valence-corrected chi connectivity index (χ3v) is 5.93. The maximum atomic E-state index is 14.3. The molecule has 1 aromatic carbocycles. The fourth-order valence-electron chi connectivity index (χ4n) is 2.98. The molecule has 6 heteroatoms. The van der Waals surface area contributed by atoms with Gasteiger partial charge in [-0.05, 0) is 50.9 Å². The van der Waals surface area contributed by atoms with Gasteiger partial charge in [0.15, 0.2) is 0 Å². The molecule has 0 radical (unpaired) electrons. The summed E-state index contributed by atoms with van der Waals surface area (Å²) in [6.45, 7) is 2.07. The zero-order chi connectivity index (χ0) is 17.2. The molecular formula is C19H20FN3OS. The standard InChI is InChI=1S/C19H20FN3OS/c20-15-9-13(4-3-12-1-2-12)10-16-18(15)19(24)23-17(22-16)11-25-14-5-7-21-8-6-14/h9-10,12,14,21H,1-2,5-8,11H2,(H,22,23,24). The fraction of sp³-hybridized carbons (Fsp3) is 0.474. The van der Waals surface area contributed by atoms with Crippen molar-refractivity contribution in [2.24, 2.45) is 5.92 Å². The van der Waals surface area contributed by atoms with Gasteiger partial charge < -0.3 is 10.3 Å². The van der Waals surface area contributed by atoms with Crippen LogP contribution in [0.25, 0.3) is 10.9 Å². The van der Waals surface area contributed by atoms with Gasteiger partial charge in [-0.25, -0.2) is 9.37 Å². The second-order valence-corrected chi connectivity index (χ2v) is 7.96. The van der Waals surface area contributed by atoms with Crippen LogP contribution in [0.1, 0.15) is 37.1 Å². The molecule has 0 amide bonds. The summed E-state index contributed by atoms with van der Waals surface area (Å²) in [5.74, 6) is 7.26. The molecule has 4 nitrogen and oxygen atoms in total. The van der Waals surface area contributed by atoms with E-state index >= 15 is 0 Å². The van der Waals surface area contributed by atoms with E-state index in [4.69, 9.17) is 0 Å². The number of H-pyrrole nitrogens is 1. The lowest BCUT2D eigenvalue weighted by atomic mass is 10.1. The highest BCUT2D eigenvalue weighted by Crippen LogP contribution is 2.28. The molecule has 2 aromatic rings. The van der Waals surface area contributed by atoms with Gasteiger partial charge in [-0.2, -0.15) is 11.8 Å². The molecule has 0 unspecified atom stereocenters. The Bertz CT molecular complexity index is 904. The molecule has 0 atom stereocenters. The van der Waals surface area contributed by atoms with Gasteiger partial charge in [-0.1, -0.05) is 11.8 Å². The highest BCUT2D eigenvalue weighted by atomic mass is 32.2. The summed E-state index contributed by atoms with van der Waals surface area (Å²) in [7, 11) is 0. The summed E-state index contributed by atoms with van der Waals surface area (Å²) < 4.78 is 14.3. The normalized spacial score (nSPS) is 18.1. The van der Waals surface area contributed by atoms with E-state index in [1.54, 1.807) is 17.8 Å². The molecule has 130 valence electrons. The highest BCUT2D eigenvalue weighted by Gasteiger charge is 2.18. The van der Waals surface area contributed by atoms with Crippen LogP contribution in [0.2, 0.25) is 0 Å². The topological polar surface area (TPSA) is 57.8 Å². The summed E-state index contributed by atoms with van der Waals surface area (Å²) in [5, 5.41) is 3.94. The smallest absolute Gasteiger partial charge is 0.261 e. The molecule has 2 aliphatic rings. The average Bonchev–Trinajstić information content (AvgIpc) is 3.43. The first-order valence-corrected chi connectivity index (χ1v) is 9.80. The predicted molar refractivity (Wildman–Crippen MR) is 99.1 cm³/mol. The Balaban J connectivity index is 1.60. The summed E-state index contributed by atoms with van der Waals surface area (Å²) in [5.41, 5.74) is 0.571. The first kappa shape index (κ1) is 16.6. The van der Waals surface area contributed by atoms with Crippen molar-refractivity contribution >= 4 is 22.7 Å². The predicted octanol–water partition coefficient (Wildman–Crippen LogP) is 2.81. The molecule has 1 saturated heterocycles. The molecule has 4 rings (SSSR count). The average molecular weight is 357 g/mol. The van der Waals surface area contributed by atoms with Crippen molar-refractivity contribution in [3.63, 3.8) is 0 Å². The van der Waals surface area contributed by atoms with Gasteiger partial charge in [0.25, 0.3) is 5.56 Å². The number of benzene rings is 1. The number of rotatable bonds is 3. The molecule has 0 bridgehead atoms. The van der Waals surface area contributed by atoms with E-state index in [-0.39, 0.29) is 5.39 Å². The number of hydrogen-bond acceptors (Lipinski definition) is 4. The first-order chi connectivity index (χ1) is 12.2. The van der Waals surface area contributed by atoms with E-state index in [9.17, 15) is 9.18 Å². The zero-order valence-corrected chi connectivity index (χ0v) is 14.7. The van der Waals surface area contributed by atoms with Gasteiger partial charge in [0.05, 0.1) is 11.3 Å². The quantitative estimate of drug-likeness (QED) is 0.830. The van der Waals surface area contributed by atoms with Crippen molar-refractivity contribution < 1.29 is 4.39 Å². The van der Waals surface area contributed by atoms with Gasteiger partial charge in [0, 0.05) is 16.7 Å². The summed E-state index contributed by atoms with van der Waals surface area (Å²) >= 11 is 1.80. The first-order valence-electron chi connectivity index (χ1n) is 8.75. The van der Waals surface area contributed by atoms with Crippen molar-refractivity contribution in [2.75, 3.05) is 13.1 Å². The Morgan fingerprint density at radius 1 is 1.24 bits per heavy atom. The maximum Gasteiger partial charge on any atom is 0.261 e. The Hall–Kier alpha value is -1.84. The minimum Gasteiger partial charge on any atom is -0.317 e. The number of hydrogen-bond donors (Lipinski definition) is 2. The number of thioether (sulfide) groups is 1. The van der Waals surface area contributed by atoms with Crippen molar-refractivity contribution in [1.29, 1.82) is 0 Å². The van der Waals surface area contributed by atoms with Crippen LogP contribution >= 0.6 is 11.8 Å². The Kier molecular flexibility index (Phi) is 4.78. The molecule has 2 fully saturated rings. The van der Waals surface area contributed by atoms with Gasteiger partial charge in [0.2, 0.25) is 0 Å². The van der Waals surface area contributed by atoms with Crippen LogP contribution in [0.4, 0.5) is 4.39 Å². The van der Waals surface area contributed by atoms with Gasteiger partial charge >= 0.3 is 0 Å². The molecule has 0 spiro atoms. The molecule has 1 aliphatic heterocycles. The van der Waals surface area contributed by atoms with Crippen molar-refractivity contribution in [3.05, 3.63) is 39.7 Å². The van der Waals surface area contributed by atoms with E-state index in [0.29, 0.717) is 33.8 Å². The summed E-state index contributed by atoms with van der Waals surface area (Å²) in [4.78, 5) is 19.5. The van der Waals surface area contributed by atoms with E-state index < -0.39 is 11.4 Å². The minimum absolute atomic E-state index is 0.0209. The second-order valence-electron chi connectivity index (χ2n) is 6.67. The number of aromatic nitrogens is 2. The number of halogens is 1. The molecule has 1 aromatic heterocycles. The van der Waals surface area contributed by atoms with Crippen molar-refractivity contribution in [2.45, 2.75) is 36.7 Å². The van der Waals surface area contributed by atoms with Crippen LogP contribution < -0.4 is 10.9 Å². The molecular weight excluding hydrogens is 337 g/mol. The van der Waals surface area contributed by atoms with Crippen LogP contribution in [0.5, 0.6) is 0 Å². The Morgan fingerprint density at radius 2 is 2.04 bits per heavy atom. The Morgan fingerprint density at radius 3 is 2.80 bits per heavy atom. The zero-order valence-electron chi connectivity index (χ0n) is 13.9. The van der Waals surface area contributed by atoms with Gasteiger partial charge in [-0.3, -0.25) is 4.79 Å². The number of aromatic amines is 1. The number of piperidine rings is 1. The fourth-order valence-corrected chi connectivity index (χ4v) is 4.08. The van der Waals surface area contributed by atoms with Crippen LogP contribution in [-0.2, 0) is 5.75 Å². The van der Waals surface area contributed by atoms with Crippen molar-refractivity contribution in [3.8, 4) is 11.8 Å². The van der Waals surface area contributed by atoms with E-state index in [1.807, 2.05) is 0 Å². The number of nitrogens with one attached hydrogen (secondary N) is 2. The second kappa shape index (κ2) is 7.19. The number of nitrogens with zero attached hydrogens (tertiary/aromatic N) is 1. The van der Waals surface area contributed by atoms with Crippen LogP contribution in [0, 0.1) is 23.6 Å². The van der Waals surface area contributed by atoms with Crippen molar-refractivity contribution in [1.82, 2.24) is 15.3 Å². The lowest BCUT2D eigenvalue weighted by Gasteiger charge is -2.21. The largest absolute Gasteiger partial charge is 0.317 e. The van der Waals surface area contributed by atoms with E-state index in [1.165, 1.54) is 6.07 Å². The van der Waals surface area contributed by atoms with E-state index in [0.717, 1.165) is 38.8 Å². The third-order valence-electron chi connectivity index (χ3n) is 4.55. The van der Waals surface area contributed by atoms with E-state index in [2.05, 4.69) is 27.1 Å². The van der Waals surface area contributed by atoms with Gasteiger partial charge in [-0.15, -0.1) is 0 Å². The van der Waals surface area contributed by atoms with Gasteiger partial charge in [0.1, 0.15) is 17.0 Å². The lowest BCUT2D eigenvalue weighted by Crippen LogP contribution is -2.29. The molecule has 1 saturated carbocycles. The Labute approximate surface area is 150 Å². The van der Waals surface area contributed by atoms with Crippen LogP contribution in [-0.4, -0.2) is 28.3 Å². The molecule has 1 aliphatic carbocycles. The van der Waals surface area contributed by atoms with Crippen LogP contribution in [0.3, 0.4) is 0 Å². The minimum atomic E-state index is -0.552.